The van der Waals surface area contributed by atoms with Crippen molar-refractivity contribution in [2.24, 2.45) is 5.73 Å². The van der Waals surface area contributed by atoms with Crippen molar-refractivity contribution in [3.8, 4) is 0 Å². The summed E-state index contributed by atoms with van der Waals surface area (Å²) >= 11 is 0. The Hall–Kier alpha value is -0.0800. The van der Waals surface area contributed by atoms with Crippen LogP contribution >= 0.6 is 0 Å². The lowest BCUT2D eigenvalue weighted by atomic mass is 9.91. The summed E-state index contributed by atoms with van der Waals surface area (Å²) in [6, 6.07) is 0. The predicted octanol–water partition coefficient (Wildman–Crippen LogP) is 0.310. The number of rotatable bonds is 2. The van der Waals surface area contributed by atoms with Crippen molar-refractivity contribution in [3.05, 3.63) is 5.92 Å². The highest BCUT2D eigenvalue weighted by Crippen LogP contribution is 2.12. The van der Waals surface area contributed by atoms with Gasteiger partial charge in [-0.05, 0) is 12.8 Å². The zero-order chi connectivity index (χ0) is 6.78. The summed E-state index contributed by atoms with van der Waals surface area (Å²) in [5, 5.41) is 8.62. The summed E-state index contributed by atoms with van der Waals surface area (Å²) in [5.41, 5.74) is 5.09. The molecule has 0 aromatic heterocycles. The van der Waals surface area contributed by atoms with Crippen LogP contribution in [0.2, 0.25) is 0 Å². The minimum atomic E-state index is -0.486. The average Bonchev–Trinajstić information content (AvgIpc) is 1.67. The number of hydrogen-bond acceptors (Lipinski definition) is 2. The van der Waals surface area contributed by atoms with Gasteiger partial charge in [0, 0.05) is 5.54 Å². The van der Waals surface area contributed by atoms with Crippen molar-refractivity contribution < 1.29 is 5.11 Å². The van der Waals surface area contributed by atoms with Crippen LogP contribution < -0.4 is 5.73 Å². The van der Waals surface area contributed by atoms with Crippen molar-refractivity contribution in [2.45, 2.75) is 26.3 Å². The molecular formula is C6H14NO. The lowest BCUT2D eigenvalue weighted by Crippen LogP contribution is -2.44. The third-order valence-corrected chi connectivity index (χ3v) is 1.47. The molecule has 2 nitrogen and oxygen atoms in total. The van der Waals surface area contributed by atoms with Gasteiger partial charge in [-0.25, -0.2) is 0 Å². The fraction of sp³-hybridized carbons (Fsp3) is 0.833. The number of hydrogen-bond donors (Lipinski definition) is 2. The molecule has 2 heteroatoms. The van der Waals surface area contributed by atoms with E-state index in [1.165, 1.54) is 0 Å². The quantitative estimate of drug-likeness (QED) is 0.545. The van der Waals surface area contributed by atoms with Crippen LogP contribution in [0.5, 0.6) is 0 Å². The van der Waals surface area contributed by atoms with Gasteiger partial charge in [0.1, 0.15) is 0 Å². The first-order valence-electron chi connectivity index (χ1n) is 2.71. The lowest BCUT2D eigenvalue weighted by molar-refractivity contribution is 0.217. The molecule has 0 aliphatic rings. The smallest absolute Gasteiger partial charge is 0.0613 e. The second kappa shape index (κ2) is 2.46. The first kappa shape index (κ1) is 7.92. The number of aliphatic hydroxyl groups is 1. The minimum absolute atomic E-state index is 0.0231. The molecule has 0 aromatic rings. The van der Waals surface area contributed by atoms with Crippen molar-refractivity contribution in [1.29, 1.82) is 0 Å². The van der Waals surface area contributed by atoms with E-state index < -0.39 is 5.54 Å². The van der Waals surface area contributed by atoms with E-state index in [-0.39, 0.29) is 6.61 Å². The SMILES string of the molecule is C[C](C)C(C)(N)CO. The Labute approximate surface area is 50.7 Å². The fourth-order valence-corrected chi connectivity index (χ4v) is 0.158. The van der Waals surface area contributed by atoms with Crippen LogP contribution in [-0.4, -0.2) is 17.3 Å². The molecule has 0 heterocycles. The van der Waals surface area contributed by atoms with Gasteiger partial charge in [-0.2, -0.15) is 0 Å². The summed E-state index contributed by atoms with van der Waals surface area (Å²) in [7, 11) is 0. The van der Waals surface area contributed by atoms with Gasteiger partial charge in [0.2, 0.25) is 0 Å². The van der Waals surface area contributed by atoms with Gasteiger partial charge >= 0.3 is 0 Å². The van der Waals surface area contributed by atoms with Crippen LogP contribution in [0.15, 0.2) is 0 Å². The molecule has 0 bridgehead atoms. The van der Waals surface area contributed by atoms with Gasteiger partial charge in [-0.1, -0.05) is 13.8 Å². The van der Waals surface area contributed by atoms with E-state index in [2.05, 4.69) is 0 Å². The molecule has 1 atom stereocenters. The van der Waals surface area contributed by atoms with E-state index in [1.54, 1.807) is 0 Å². The molecule has 0 fully saturated rings. The molecule has 0 spiro atoms. The van der Waals surface area contributed by atoms with Crippen LogP contribution in [0.4, 0.5) is 0 Å². The Bertz CT molecular complexity index is 68.9. The maximum atomic E-state index is 8.62. The zero-order valence-corrected chi connectivity index (χ0v) is 5.73. The van der Waals surface area contributed by atoms with Gasteiger partial charge in [-0.15, -0.1) is 0 Å². The molecule has 8 heavy (non-hydrogen) atoms. The Balaban J connectivity index is 3.71. The topological polar surface area (TPSA) is 46.2 Å². The van der Waals surface area contributed by atoms with Crippen molar-refractivity contribution in [3.63, 3.8) is 0 Å². The average molecular weight is 116 g/mol. The van der Waals surface area contributed by atoms with Gasteiger partial charge in [0.05, 0.1) is 6.61 Å². The van der Waals surface area contributed by atoms with E-state index in [4.69, 9.17) is 10.8 Å². The standard InChI is InChI=1S/C6H14NO/c1-5(2)6(3,7)4-8/h8H,4,7H2,1-3H3. The Morgan fingerprint density at radius 2 is 2.00 bits per heavy atom. The highest BCUT2D eigenvalue weighted by molar-refractivity contribution is 5.02. The van der Waals surface area contributed by atoms with Crippen molar-refractivity contribution in [2.75, 3.05) is 6.61 Å². The van der Waals surface area contributed by atoms with E-state index in [1.807, 2.05) is 20.8 Å². The maximum absolute atomic E-state index is 8.62. The first-order chi connectivity index (χ1) is 3.50. The zero-order valence-electron chi connectivity index (χ0n) is 5.73. The van der Waals surface area contributed by atoms with E-state index in [0.29, 0.717) is 0 Å². The van der Waals surface area contributed by atoms with E-state index >= 15 is 0 Å². The van der Waals surface area contributed by atoms with Crippen molar-refractivity contribution >= 4 is 0 Å². The Kier molecular flexibility index (Phi) is 2.44. The van der Waals surface area contributed by atoms with E-state index in [0.717, 1.165) is 5.92 Å². The van der Waals surface area contributed by atoms with Gasteiger partial charge in [0.15, 0.2) is 0 Å². The molecule has 0 amide bonds. The molecular weight excluding hydrogens is 102 g/mol. The largest absolute Gasteiger partial charge is 0.394 e. The second-order valence-electron chi connectivity index (χ2n) is 2.58. The third-order valence-electron chi connectivity index (χ3n) is 1.47. The highest BCUT2D eigenvalue weighted by atomic mass is 16.3. The van der Waals surface area contributed by atoms with Crippen LogP contribution in [0.1, 0.15) is 20.8 Å². The summed E-state index contributed by atoms with van der Waals surface area (Å²) in [6.45, 7) is 5.66. The Morgan fingerprint density at radius 3 is 2.00 bits per heavy atom. The molecule has 3 N–H and O–H groups in total. The molecule has 0 rings (SSSR count). The van der Waals surface area contributed by atoms with Crippen LogP contribution in [-0.2, 0) is 0 Å². The normalized spacial score (nSPS) is 18.8. The van der Waals surface area contributed by atoms with Crippen LogP contribution in [0.25, 0.3) is 0 Å². The Morgan fingerprint density at radius 1 is 1.62 bits per heavy atom. The second-order valence-corrected chi connectivity index (χ2v) is 2.58. The molecule has 0 saturated heterocycles. The lowest BCUT2D eigenvalue weighted by Gasteiger charge is -2.25. The van der Waals surface area contributed by atoms with Crippen LogP contribution in [0, 0.1) is 5.92 Å². The summed E-state index contributed by atoms with van der Waals surface area (Å²) in [6.07, 6.45) is 0. The summed E-state index contributed by atoms with van der Waals surface area (Å²) in [4.78, 5) is 0. The molecule has 0 aliphatic heterocycles. The molecule has 0 aliphatic carbocycles. The first-order valence-corrected chi connectivity index (χ1v) is 2.71. The van der Waals surface area contributed by atoms with E-state index in [9.17, 15) is 0 Å². The molecule has 0 saturated carbocycles. The predicted molar refractivity (Wildman–Crippen MR) is 34.3 cm³/mol. The number of aliphatic hydroxyl groups excluding tert-OH is 1. The monoisotopic (exact) mass is 116 g/mol. The molecule has 1 radical (unpaired) electrons. The molecule has 0 aromatic carbocycles. The van der Waals surface area contributed by atoms with Crippen molar-refractivity contribution in [1.82, 2.24) is 0 Å². The maximum Gasteiger partial charge on any atom is 0.0613 e. The summed E-state index contributed by atoms with van der Waals surface area (Å²) < 4.78 is 0. The molecule has 49 valence electrons. The number of nitrogens with two attached hydrogens (primary N) is 1. The summed E-state index contributed by atoms with van der Waals surface area (Å²) in [5.74, 6) is 1.06. The molecule has 1 unspecified atom stereocenters. The minimum Gasteiger partial charge on any atom is -0.394 e. The van der Waals surface area contributed by atoms with Gasteiger partial charge < -0.3 is 10.8 Å². The third kappa shape index (κ3) is 1.80. The van der Waals surface area contributed by atoms with Crippen LogP contribution in [0.3, 0.4) is 0 Å². The highest BCUT2D eigenvalue weighted by Gasteiger charge is 2.21. The van der Waals surface area contributed by atoms with Gasteiger partial charge in [0.25, 0.3) is 0 Å². The fourth-order valence-electron chi connectivity index (χ4n) is 0.158. The van der Waals surface area contributed by atoms with Gasteiger partial charge in [-0.3, -0.25) is 0 Å².